The highest BCUT2D eigenvalue weighted by Gasteiger charge is 2.37. The summed E-state index contributed by atoms with van der Waals surface area (Å²) in [4.78, 5) is 12.8. The summed E-state index contributed by atoms with van der Waals surface area (Å²) in [7, 11) is -3.90. The van der Waals surface area contributed by atoms with Crippen molar-refractivity contribution in [2.24, 2.45) is 0 Å². The van der Waals surface area contributed by atoms with Crippen LogP contribution < -0.4 is 14.4 Å². The molecule has 1 atom stereocenters. The van der Waals surface area contributed by atoms with Gasteiger partial charge in [0.1, 0.15) is 11.6 Å². The maximum absolute atomic E-state index is 13.2. The highest BCUT2D eigenvalue weighted by molar-refractivity contribution is 7.92. The Kier molecular flexibility index (Phi) is 4.94. The standard InChI is InChI=1S/C21H17FN2O4S/c22-15-10-12-16(13-11-15)23-21(25)20-14-24(18-8-4-5-9-19(18)28-20)29(26,27)17-6-2-1-3-7-17/h1-13,20H,14H2,(H,23,25)/t20-/m1/s1. The van der Waals surface area contributed by atoms with Crippen molar-refractivity contribution in [3.8, 4) is 5.75 Å². The number of carbonyl (C=O) groups excluding carboxylic acids is 1. The van der Waals surface area contributed by atoms with Crippen LogP contribution in [0.25, 0.3) is 0 Å². The van der Waals surface area contributed by atoms with Gasteiger partial charge in [-0.1, -0.05) is 30.3 Å². The molecule has 1 aliphatic heterocycles. The first-order valence-electron chi connectivity index (χ1n) is 8.85. The third kappa shape index (κ3) is 3.79. The Bertz CT molecular complexity index is 1130. The topological polar surface area (TPSA) is 75.7 Å². The van der Waals surface area contributed by atoms with Gasteiger partial charge in [-0.05, 0) is 48.5 Å². The molecule has 4 rings (SSSR count). The molecule has 0 aliphatic carbocycles. The monoisotopic (exact) mass is 412 g/mol. The Hall–Kier alpha value is -3.39. The fourth-order valence-corrected chi connectivity index (χ4v) is 4.54. The molecule has 0 bridgehead atoms. The summed E-state index contributed by atoms with van der Waals surface area (Å²) in [5.74, 6) is -0.664. The Morgan fingerprint density at radius 1 is 0.966 bits per heavy atom. The van der Waals surface area contributed by atoms with Crippen molar-refractivity contribution in [2.45, 2.75) is 11.0 Å². The molecule has 0 saturated carbocycles. The van der Waals surface area contributed by atoms with Crippen molar-refractivity contribution >= 4 is 27.3 Å². The summed E-state index contributed by atoms with van der Waals surface area (Å²) in [5.41, 5.74) is 0.749. The van der Waals surface area contributed by atoms with Gasteiger partial charge >= 0.3 is 0 Å². The zero-order chi connectivity index (χ0) is 20.4. The molecule has 1 amide bonds. The molecule has 0 fully saturated rings. The molecule has 3 aromatic carbocycles. The maximum Gasteiger partial charge on any atom is 0.267 e. The van der Waals surface area contributed by atoms with Crippen LogP contribution in [0, 0.1) is 5.82 Å². The van der Waals surface area contributed by atoms with Gasteiger partial charge in [0.15, 0.2) is 6.10 Å². The molecule has 0 spiro atoms. The number of sulfonamides is 1. The van der Waals surface area contributed by atoms with E-state index in [0.29, 0.717) is 11.4 Å². The van der Waals surface area contributed by atoms with E-state index in [-0.39, 0.29) is 17.2 Å². The third-order valence-corrected chi connectivity index (χ3v) is 6.26. The number of nitrogens with one attached hydrogen (secondary N) is 1. The number of benzene rings is 3. The van der Waals surface area contributed by atoms with Crippen LogP contribution in [-0.2, 0) is 14.8 Å². The predicted molar refractivity (Wildman–Crippen MR) is 107 cm³/mol. The quantitative estimate of drug-likeness (QED) is 0.713. The number of rotatable bonds is 4. The number of amides is 1. The Labute approximate surface area is 167 Å². The second-order valence-corrected chi connectivity index (χ2v) is 8.28. The van der Waals surface area contributed by atoms with Gasteiger partial charge in [0.2, 0.25) is 0 Å². The van der Waals surface area contributed by atoms with Crippen LogP contribution in [-0.4, -0.2) is 27.0 Å². The molecule has 3 aromatic rings. The van der Waals surface area contributed by atoms with Crippen molar-refractivity contribution in [3.05, 3.63) is 84.7 Å². The first-order valence-corrected chi connectivity index (χ1v) is 10.3. The minimum atomic E-state index is -3.90. The van der Waals surface area contributed by atoms with Crippen LogP contribution in [0.5, 0.6) is 5.75 Å². The van der Waals surface area contributed by atoms with Crippen LogP contribution in [0.4, 0.5) is 15.8 Å². The number of ether oxygens (including phenoxy) is 1. The van der Waals surface area contributed by atoms with E-state index in [2.05, 4.69) is 5.32 Å². The van der Waals surface area contributed by atoms with E-state index >= 15 is 0 Å². The van der Waals surface area contributed by atoms with E-state index in [1.165, 1.54) is 40.7 Å². The Balaban J connectivity index is 1.66. The molecule has 8 heteroatoms. The molecule has 29 heavy (non-hydrogen) atoms. The molecule has 1 aliphatic rings. The van der Waals surface area contributed by atoms with Gasteiger partial charge in [-0.3, -0.25) is 9.10 Å². The third-order valence-electron chi connectivity index (χ3n) is 4.47. The van der Waals surface area contributed by atoms with Crippen molar-refractivity contribution in [1.82, 2.24) is 0 Å². The van der Waals surface area contributed by atoms with Gasteiger partial charge in [0, 0.05) is 5.69 Å². The van der Waals surface area contributed by atoms with E-state index in [1.54, 1.807) is 42.5 Å². The zero-order valence-corrected chi connectivity index (χ0v) is 16.0. The summed E-state index contributed by atoms with van der Waals surface area (Å²) >= 11 is 0. The number of carbonyl (C=O) groups is 1. The molecular formula is C21H17FN2O4S. The molecule has 0 radical (unpaired) electrons. The molecule has 1 heterocycles. The Morgan fingerprint density at radius 3 is 2.34 bits per heavy atom. The maximum atomic E-state index is 13.2. The lowest BCUT2D eigenvalue weighted by atomic mass is 10.2. The normalized spacial score (nSPS) is 15.9. The molecule has 0 saturated heterocycles. The number of hydrogen-bond acceptors (Lipinski definition) is 4. The highest BCUT2D eigenvalue weighted by atomic mass is 32.2. The van der Waals surface area contributed by atoms with Gasteiger partial charge < -0.3 is 10.1 Å². The van der Waals surface area contributed by atoms with E-state index < -0.39 is 27.9 Å². The number of hydrogen-bond donors (Lipinski definition) is 1. The summed E-state index contributed by atoms with van der Waals surface area (Å²) in [6.45, 7) is -0.193. The first-order chi connectivity index (χ1) is 13.9. The minimum Gasteiger partial charge on any atom is -0.476 e. The number of halogens is 1. The van der Waals surface area contributed by atoms with Crippen molar-refractivity contribution < 1.29 is 22.3 Å². The first kappa shape index (κ1) is 18.9. The fourth-order valence-electron chi connectivity index (χ4n) is 3.04. The number of nitrogens with zero attached hydrogens (tertiary/aromatic N) is 1. The van der Waals surface area contributed by atoms with E-state index in [1.807, 2.05) is 0 Å². The minimum absolute atomic E-state index is 0.120. The van der Waals surface area contributed by atoms with Crippen LogP contribution >= 0.6 is 0 Å². The number of fused-ring (bicyclic) bond motifs is 1. The smallest absolute Gasteiger partial charge is 0.267 e. The summed E-state index contributed by atoms with van der Waals surface area (Å²) < 4.78 is 46.4. The molecule has 6 nitrogen and oxygen atoms in total. The lowest BCUT2D eigenvalue weighted by Crippen LogP contribution is -2.48. The van der Waals surface area contributed by atoms with Crippen molar-refractivity contribution in [1.29, 1.82) is 0 Å². The highest BCUT2D eigenvalue weighted by Crippen LogP contribution is 2.36. The fraction of sp³-hybridized carbons (Fsp3) is 0.0952. The summed E-state index contributed by atoms with van der Waals surface area (Å²) in [5, 5.41) is 2.63. The predicted octanol–water partition coefficient (Wildman–Crippen LogP) is 3.42. The second-order valence-electron chi connectivity index (χ2n) is 6.42. The molecule has 1 N–H and O–H groups in total. The average Bonchev–Trinajstić information content (AvgIpc) is 2.75. The van der Waals surface area contributed by atoms with E-state index in [0.717, 1.165) is 0 Å². The van der Waals surface area contributed by atoms with Crippen molar-refractivity contribution in [3.63, 3.8) is 0 Å². The van der Waals surface area contributed by atoms with E-state index in [4.69, 9.17) is 4.74 Å². The Morgan fingerprint density at radius 2 is 1.62 bits per heavy atom. The lowest BCUT2D eigenvalue weighted by Gasteiger charge is -2.34. The SMILES string of the molecule is O=C(Nc1ccc(F)cc1)[C@H]1CN(S(=O)(=O)c2ccccc2)c2ccccc2O1. The largest absolute Gasteiger partial charge is 0.476 e. The molecule has 148 valence electrons. The van der Waals surface area contributed by atoms with Crippen LogP contribution in [0.1, 0.15) is 0 Å². The zero-order valence-electron chi connectivity index (χ0n) is 15.2. The van der Waals surface area contributed by atoms with Gasteiger partial charge in [-0.2, -0.15) is 0 Å². The number of anilines is 2. The summed E-state index contributed by atoms with van der Waals surface area (Å²) in [6.07, 6.45) is -1.08. The summed E-state index contributed by atoms with van der Waals surface area (Å²) in [6, 6.07) is 19.9. The van der Waals surface area contributed by atoms with Crippen LogP contribution in [0.2, 0.25) is 0 Å². The van der Waals surface area contributed by atoms with Gasteiger partial charge in [-0.25, -0.2) is 12.8 Å². The molecule has 0 unspecified atom stereocenters. The van der Waals surface area contributed by atoms with E-state index in [9.17, 15) is 17.6 Å². The average molecular weight is 412 g/mol. The van der Waals surface area contributed by atoms with Gasteiger partial charge in [0.25, 0.3) is 15.9 Å². The van der Waals surface area contributed by atoms with Crippen LogP contribution in [0.3, 0.4) is 0 Å². The lowest BCUT2D eigenvalue weighted by molar-refractivity contribution is -0.122. The second kappa shape index (κ2) is 7.56. The van der Waals surface area contributed by atoms with Gasteiger partial charge in [-0.15, -0.1) is 0 Å². The van der Waals surface area contributed by atoms with Crippen molar-refractivity contribution in [2.75, 3.05) is 16.2 Å². The molecule has 0 aromatic heterocycles. The molecular weight excluding hydrogens is 395 g/mol. The van der Waals surface area contributed by atoms with Crippen LogP contribution in [0.15, 0.2) is 83.8 Å². The number of para-hydroxylation sites is 2. The van der Waals surface area contributed by atoms with Gasteiger partial charge in [0.05, 0.1) is 17.1 Å².